The Balaban J connectivity index is 1.53. The third-order valence-corrected chi connectivity index (χ3v) is 6.66. The number of sulfonamides is 1. The van der Waals surface area contributed by atoms with Crippen molar-refractivity contribution in [2.24, 2.45) is 5.14 Å². The lowest BCUT2D eigenvalue weighted by Crippen LogP contribution is -2.54. The Hall–Kier alpha value is -3.02. The van der Waals surface area contributed by atoms with Crippen molar-refractivity contribution in [3.63, 3.8) is 0 Å². The summed E-state index contributed by atoms with van der Waals surface area (Å²) in [5, 5.41) is 18.9. The molecule has 0 aromatic heterocycles. The molecular formula is C21H27N5O5S. The second-order valence-electron chi connectivity index (χ2n) is 7.82. The van der Waals surface area contributed by atoms with E-state index in [0.717, 1.165) is 11.3 Å². The van der Waals surface area contributed by atoms with E-state index in [1.807, 2.05) is 13.8 Å². The van der Waals surface area contributed by atoms with Crippen LogP contribution in [0.2, 0.25) is 0 Å². The third-order valence-electron chi connectivity index (χ3n) is 5.73. The summed E-state index contributed by atoms with van der Waals surface area (Å²) >= 11 is 0. The fourth-order valence-electron chi connectivity index (χ4n) is 3.68. The number of anilines is 1. The molecule has 11 heteroatoms. The van der Waals surface area contributed by atoms with Gasteiger partial charge in [0.2, 0.25) is 15.9 Å². The molecule has 172 valence electrons. The Labute approximate surface area is 187 Å². The number of nitrogens with one attached hydrogen (secondary N) is 1. The van der Waals surface area contributed by atoms with E-state index in [1.165, 1.54) is 24.3 Å². The summed E-state index contributed by atoms with van der Waals surface area (Å²) in [7, 11) is -3.75. The number of carbonyl (C=O) groups is 1. The number of primary sulfonamides is 1. The van der Waals surface area contributed by atoms with Crippen molar-refractivity contribution < 1.29 is 18.1 Å². The van der Waals surface area contributed by atoms with Crippen LogP contribution in [0.1, 0.15) is 25.5 Å². The Morgan fingerprint density at radius 3 is 2.09 bits per heavy atom. The number of nitro benzene ring substituents is 1. The largest absolute Gasteiger partial charge is 0.369 e. The molecule has 0 saturated carbocycles. The quantitative estimate of drug-likeness (QED) is 0.472. The summed E-state index contributed by atoms with van der Waals surface area (Å²) in [5.41, 5.74) is 1.76. The number of nitrogens with two attached hydrogens (primary N) is 1. The average Bonchev–Trinajstić information content (AvgIpc) is 2.78. The van der Waals surface area contributed by atoms with Gasteiger partial charge in [-0.05, 0) is 43.7 Å². The summed E-state index contributed by atoms with van der Waals surface area (Å²) in [6, 6.07) is 12.0. The van der Waals surface area contributed by atoms with Crippen molar-refractivity contribution >= 4 is 27.3 Å². The van der Waals surface area contributed by atoms with Gasteiger partial charge in [-0.15, -0.1) is 0 Å². The number of hydrogen-bond acceptors (Lipinski definition) is 7. The van der Waals surface area contributed by atoms with Gasteiger partial charge in [0.1, 0.15) is 0 Å². The number of non-ortho nitro benzene ring substituents is 1. The van der Waals surface area contributed by atoms with E-state index in [4.69, 9.17) is 5.14 Å². The number of amides is 1. The topological polar surface area (TPSA) is 139 Å². The first-order valence-corrected chi connectivity index (χ1v) is 11.8. The zero-order valence-corrected chi connectivity index (χ0v) is 18.8. The van der Waals surface area contributed by atoms with Crippen LogP contribution < -0.4 is 15.4 Å². The molecule has 3 rings (SSSR count). The molecule has 1 aliphatic rings. The van der Waals surface area contributed by atoms with Gasteiger partial charge >= 0.3 is 0 Å². The van der Waals surface area contributed by atoms with E-state index in [1.54, 1.807) is 24.3 Å². The van der Waals surface area contributed by atoms with Gasteiger partial charge in [-0.3, -0.25) is 19.8 Å². The van der Waals surface area contributed by atoms with Gasteiger partial charge in [-0.2, -0.15) is 0 Å². The molecule has 32 heavy (non-hydrogen) atoms. The molecule has 1 fully saturated rings. The second-order valence-corrected chi connectivity index (χ2v) is 9.38. The Morgan fingerprint density at radius 2 is 1.59 bits per heavy atom. The van der Waals surface area contributed by atoms with Gasteiger partial charge in [0.25, 0.3) is 5.69 Å². The number of rotatable bonds is 7. The van der Waals surface area contributed by atoms with Crippen LogP contribution in [-0.4, -0.2) is 56.4 Å². The summed E-state index contributed by atoms with van der Waals surface area (Å²) in [4.78, 5) is 27.4. The minimum absolute atomic E-state index is 0.0269. The predicted molar refractivity (Wildman–Crippen MR) is 121 cm³/mol. The Morgan fingerprint density at radius 1 is 1.03 bits per heavy atom. The van der Waals surface area contributed by atoms with Gasteiger partial charge < -0.3 is 10.2 Å². The van der Waals surface area contributed by atoms with Crippen LogP contribution in [-0.2, 0) is 14.8 Å². The molecule has 0 bridgehead atoms. The zero-order chi connectivity index (χ0) is 23.5. The highest BCUT2D eigenvalue weighted by Gasteiger charge is 2.27. The molecule has 0 aliphatic carbocycles. The molecule has 2 atom stereocenters. The number of nitro groups is 1. The summed E-state index contributed by atoms with van der Waals surface area (Å²) in [6.45, 7) is 6.48. The molecule has 2 aromatic carbocycles. The van der Waals surface area contributed by atoms with Crippen LogP contribution >= 0.6 is 0 Å². The van der Waals surface area contributed by atoms with Crippen molar-refractivity contribution in [3.05, 3.63) is 64.2 Å². The molecule has 0 unspecified atom stereocenters. The first kappa shape index (κ1) is 23.6. The number of benzene rings is 2. The number of piperazine rings is 1. The summed E-state index contributed by atoms with van der Waals surface area (Å²) in [6.07, 6.45) is 0. The van der Waals surface area contributed by atoms with Crippen LogP contribution in [0, 0.1) is 10.1 Å². The van der Waals surface area contributed by atoms with Crippen LogP contribution in [0.5, 0.6) is 0 Å². The minimum Gasteiger partial charge on any atom is -0.369 e. The molecule has 0 radical (unpaired) electrons. The first-order chi connectivity index (χ1) is 15.1. The highest BCUT2D eigenvalue weighted by atomic mass is 32.2. The fraction of sp³-hybridized carbons (Fsp3) is 0.381. The molecule has 0 spiro atoms. The molecule has 1 aliphatic heterocycles. The maximum atomic E-state index is 12.8. The van der Waals surface area contributed by atoms with Crippen LogP contribution in [0.3, 0.4) is 0 Å². The summed E-state index contributed by atoms with van der Waals surface area (Å²) in [5.74, 6) is -0.114. The minimum atomic E-state index is -3.75. The van der Waals surface area contributed by atoms with Gasteiger partial charge in [0.15, 0.2) is 0 Å². The normalized spacial score (nSPS) is 16.9. The number of carbonyl (C=O) groups excluding carboxylic acids is 1. The molecule has 1 amide bonds. The molecule has 3 N–H and O–H groups in total. The Kier molecular flexibility index (Phi) is 7.12. The molecule has 1 heterocycles. The van der Waals surface area contributed by atoms with E-state index < -0.39 is 14.9 Å². The van der Waals surface area contributed by atoms with Gasteiger partial charge in [0.05, 0.1) is 21.9 Å². The lowest BCUT2D eigenvalue weighted by Gasteiger charge is -2.38. The fourth-order valence-corrected chi connectivity index (χ4v) is 4.20. The Bertz CT molecular complexity index is 1060. The lowest BCUT2D eigenvalue weighted by atomic mass is 10.1. The first-order valence-electron chi connectivity index (χ1n) is 10.2. The summed E-state index contributed by atoms with van der Waals surface area (Å²) < 4.78 is 22.8. The molecule has 1 saturated heterocycles. The van der Waals surface area contributed by atoms with Crippen LogP contribution in [0.4, 0.5) is 11.4 Å². The molecule has 2 aromatic rings. The van der Waals surface area contributed by atoms with E-state index >= 15 is 0 Å². The number of hydrogen-bond donors (Lipinski definition) is 2. The highest BCUT2D eigenvalue weighted by Crippen LogP contribution is 2.21. The smallest absolute Gasteiger partial charge is 0.269 e. The monoisotopic (exact) mass is 461 g/mol. The maximum absolute atomic E-state index is 12.8. The van der Waals surface area contributed by atoms with Crippen molar-refractivity contribution in [2.75, 3.05) is 31.1 Å². The van der Waals surface area contributed by atoms with Crippen LogP contribution in [0.15, 0.2) is 53.4 Å². The zero-order valence-electron chi connectivity index (χ0n) is 18.0. The number of nitrogens with zero attached hydrogens (tertiary/aromatic N) is 3. The van der Waals surface area contributed by atoms with Crippen molar-refractivity contribution in [2.45, 2.75) is 30.8 Å². The van der Waals surface area contributed by atoms with E-state index in [-0.39, 0.29) is 28.6 Å². The van der Waals surface area contributed by atoms with Crippen LogP contribution in [0.25, 0.3) is 0 Å². The van der Waals surface area contributed by atoms with Gasteiger partial charge in [0, 0.05) is 44.0 Å². The maximum Gasteiger partial charge on any atom is 0.269 e. The standard InChI is InChI=1S/C21H27N5O5S/c1-15(17-3-9-20(10-4-17)32(22,30)31)23-21(27)16(2)24-11-13-25(14-12-24)18-5-7-19(8-6-18)26(28)29/h3-10,15-16H,11-14H2,1-2H3,(H,23,27)(H2,22,30,31)/t15-,16+/m0/s1. The van der Waals surface area contributed by atoms with Gasteiger partial charge in [-0.1, -0.05) is 12.1 Å². The SMILES string of the molecule is C[C@H](NC(=O)[C@@H](C)N1CCN(c2ccc([N+](=O)[O-])cc2)CC1)c1ccc(S(N)(=O)=O)cc1. The van der Waals surface area contributed by atoms with Crippen molar-refractivity contribution in [3.8, 4) is 0 Å². The lowest BCUT2D eigenvalue weighted by molar-refractivity contribution is -0.384. The van der Waals surface area contributed by atoms with Crippen molar-refractivity contribution in [1.82, 2.24) is 10.2 Å². The molecular weight excluding hydrogens is 434 g/mol. The van der Waals surface area contributed by atoms with E-state index in [2.05, 4.69) is 15.1 Å². The van der Waals surface area contributed by atoms with Gasteiger partial charge in [-0.25, -0.2) is 13.6 Å². The van der Waals surface area contributed by atoms with E-state index in [9.17, 15) is 23.3 Å². The second kappa shape index (κ2) is 9.63. The average molecular weight is 462 g/mol. The molecule has 10 nitrogen and oxygen atoms in total. The van der Waals surface area contributed by atoms with E-state index in [0.29, 0.717) is 26.2 Å². The predicted octanol–water partition coefficient (Wildman–Crippen LogP) is 1.63. The highest BCUT2D eigenvalue weighted by molar-refractivity contribution is 7.89. The third kappa shape index (κ3) is 5.61. The van der Waals surface area contributed by atoms with Crippen molar-refractivity contribution in [1.29, 1.82) is 0 Å².